The number of primary sulfonamides is 1. The molecule has 126 valence electrons. The van der Waals surface area contributed by atoms with E-state index in [4.69, 9.17) is 21.5 Å². The van der Waals surface area contributed by atoms with Crippen LogP contribution >= 0.6 is 23.4 Å². The summed E-state index contributed by atoms with van der Waals surface area (Å²) in [4.78, 5) is 25.3. The van der Waals surface area contributed by atoms with Crippen LogP contribution in [0, 0.1) is 0 Å². The molecule has 0 unspecified atom stereocenters. The summed E-state index contributed by atoms with van der Waals surface area (Å²) >= 11 is 7.22. The zero-order chi connectivity index (χ0) is 17.2. The van der Waals surface area contributed by atoms with Crippen LogP contribution in [0.25, 0.3) is 0 Å². The van der Waals surface area contributed by atoms with E-state index in [1.165, 1.54) is 35.9 Å². The minimum absolute atomic E-state index is 0.0503. The van der Waals surface area contributed by atoms with Crippen molar-refractivity contribution in [3.63, 3.8) is 0 Å². The van der Waals surface area contributed by atoms with E-state index >= 15 is 0 Å². The van der Waals surface area contributed by atoms with E-state index in [-0.39, 0.29) is 27.9 Å². The maximum absolute atomic E-state index is 12.5. The molecule has 0 aromatic heterocycles. The highest BCUT2D eigenvalue weighted by atomic mass is 35.5. The number of nitrogens with two attached hydrogens (primary N) is 1. The number of thioether (sulfide) groups is 1. The highest BCUT2D eigenvalue weighted by Crippen LogP contribution is 2.25. The molecule has 1 aliphatic heterocycles. The number of rotatable bonds is 3. The van der Waals surface area contributed by atoms with Crippen molar-refractivity contribution in [2.75, 3.05) is 26.0 Å². The van der Waals surface area contributed by atoms with E-state index in [9.17, 15) is 18.0 Å². The molecule has 0 radical (unpaired) electrons. The van der Waals surface area contributed by atoms with Crippen molar-refractivity contribution in [2.24, 2.45) is 5.14 Å². The summed E-state index contributed by atoms with van der Waals surface area (Å²) in [6.45, 7) is 0.647. The van der Waals surface area contributed by atoms with Gasteiger partial charge in [-0.05, 0) is 18.2 Å². The lowest BCUT2D eigenvalue weighted by atomic mass is 10.2. The molecule has 1 fully saturated rings. The summed E-state index contributed by atoms with van der Waals surface area (Å²) in [6, 6.07) is 3.88. The van der Waals surface area contributed by atoms with Gasteiger partial charge in [0.25, 0.3) is 5.91 Å². The van der Waals surface area contributed by atoms with Gasteiger partial charge in [0.05, 0.1) is 12.1 Å². The largest absolute Gasteiger partial charge is 0.468 e. The Bertz CT molecular complexity index is 738. The van der Waals surface area contributed by atoms with Gasteiger partial charge in [0.15, 0.2) is 0 Å². The third-order valence-corrected chi connectivity index (χ3v) is 5.86. The van der Waals surface area contributed by atoms with Gasteiger partial charge in [-0.1, -0.05) is 11.6 Å². The molecule has 1 amide bonds. The first-order valence-corrected chi connectivity index (χ1v) is 9.52. The fourth-order valence-electron chi connectivity index (χ4n) is 2.14. The number of benzene rings is 1. The number of esters is 1. The third kappa shape index (κ3) is 4.17. The van der Waals surface area contributed by atoms with Crippen molar-refractivity contribution in [1.82, 2.24) is 4.90 Å². The van der Waals surface area contributed by atoms with Gasteiger partial charge in [-0.25, -0.2) is 13.6 Å². The molecule has 1 saturated heterocycles. The molecule has 0 spiro atoms. The molecule has 1 atom stereocenters. The van der Waals surface area contributed by atoms with Gasteiger partial charge in [0, 0.05) is 24.4 Å². The predicted octanol–water partition coefficient (Wildman–Crippen LogP) is 0.718. The van der Waals surface area contributed by atoms with Crippen LogP contribution in [-0.2, 0) is 19.6 Å². The quantitative estimate of drug-likeness (QED) is 0.776. The summed E-state index contributed by atoms with van der Waals surface area (Å²) in [5, 5.41) is 4.58. The van der Waals surface area contributed by atoms with E-state index in [1.54, 1.807) is 0 Å². The minimum Gasteiger partial charge on any atom is -0.468 e. The Labute approximate surface area is 143 Å². The average molecular weight is 379 g/mol. The number of methoxy groups -OCH3 is 1. The van der Waals surface area contributed by atoms with Crippen LogP contribution in [0.5, 0.6) is 0 Å². The van der Waals surface area contributed by atoms with Crippen LogP contribution in [0.15, 0.2) is 23.1 Å². The molecule has 7 nitrogen and oxygen atoms in total. The van der Waals surface area contributed by atoms with Gasteiger partial charge in [0.2, 0.25) is 10.0 Å². The van der Waals surface area contributed by atoms with E-state index in [2.05, 4.69) is 0 Å². The molecule has 1 aliphatic rings. The number of carbonyl (C=O) groups is 2. The number of halogens is 1. The smallest absolute Gasteiger partial charge is 0.320 e. The first-order valence-electron chi connectivity index (χ1n) is 6.55. The first-order chi connectivity index (χ1) is 10.7. The SMILES string of the molecule is COC(=O)[C@@H]1CN(C(=O)c2ccc(Cl)c(S(N)(=O)=O)c2)CCS1. The summed E-state index contributed by atoms with van der Waals surface area (Å²) < 4.78 is 27.7. The first kappa shape index (κ1) is 18.1. The third-order valence-electron chi connectivity index (χ3n) is 3.30. The van der Waals surface area contributed by atoms with Crippen molar-refractivity contribution in [1.29, 1.82) is 0 Å². The number of nitrogens with zero attached hydrogens (tertiary/aromatic N) is 1. The molecule has 2 N–H and O–H groups in total. The molecule has 0 bridgehead atoms. The van der Waals surface area contributed by atoms with Gasteiger partial charge < -0.3 is 9.64 Å². The number of carbonyl (C=O) groups excluding carboxylic acids is 2. The average Bonchev–Trinajstić information content (AvgIpc) is 2.53. The van der Waals surface area contributed by atoms with Crippen molar-refractivity contribution in [3.05, 3.63) is 28.8 Å². The standard InChI is InChI=1S/C13H15ClN2O5S2/c1-21-13(18)10-7-16(4-5-22-10)12(17)8-2-3-9(14)11(6-8)23(15,19)20/h2-3,6,10H,4-5,7H2,1H3,(H2,15,19,20)/t10-/m0/s1. The summed E-state index contributed by atoms with van der Waals surface area (Å²) in [7, 11) is -2.74. The summed E-state index contributed by atoms with van der Waals surface area (Å²) in [6.07, 6.45) is 0. The van der Waals surface area contributed by atoms with E-state index in [1.807, 2.05) is 0 Å². The van der Waals surface area contributed by atoms with Crippen LogP contribution in [0.1, 0.15) is 10.4 Å². The van der Waals surface area contributed by atoms with Gasteiger partial charge >= 0.3 is 5.97 Å². The van der Waals surface area contributed by atoms with Crippen LogP contribution < -0.4 is 5.14 Å². The Morgan fingerprint density at radius 2 is 2.13 bits per heavy atom. The van der Waals surface area contributed by atoms with Crippen molar-refractivity contribution in [2.45, 2.75) is 10.1 Å². The highest BCUT2D eigenvalue weighted by Gasteiger charge is 2.30. The van der Waals surface area contributed by atoms with Crippen molar-refractivity contribution >= 4 is 45.3 Å². The maximum atomic E-state index is 12.5. The molecular weight excluding hydrogens is 364 g/mol. The van der Waals surface area contributed by atoms with Gasteiger partial charge in [0.1, 0.15) is 10.1 Å². The lowest BCUT2D eigenvalue weighted by Gasteiger charge is -2.31. The van der Waals surface area contributed by atoms with Crippen molar-refractivity contribution < 1.29 is 22.7 Å². The van der Waals surface area contributed by atoms with Gasteiger partial charge in [-0.2, -0.15) is 0 Å². The second-order valence-corrected chi connectivity index (χ2v) is 8.07. The molecule has 1 aromatic rings. The molecule has 2 rings (SSSR count). The molecule has 23 heavy (non-hydrogen) atoms. The molecule has 1 aromatic carbocycles. The van der Waals surface area contributed by atoms with Gasteiger partial charge in [-0.15, -0.1) is 11.8 Å². The van der Waals surface area contributed by atoms with Crippen LogP contribution in [0.4, 0.5) is 0 Å². The summed E-state index contributed by atoms with van der Waals surface area (Å²) in [5.41, 5.74) is 0.147. The number of hydrogen-bond donors (Lipinski definition) is 1. The second-order valence-electron chi connectivity index (χ2n) is 4.82. The normalized spacial score (nSPS) is 18.6. The van der Waals surface area contributed by atoms with Crippen LogP contribution in [0.2, 0.25) is 5.02 Å². The highest BCUT2D eigenvalue weighted by molar-refractivity contribution is 8.00. The molecule has 0 saturated carbocycles. The topological polar surface area (TPSA) is 107 Å². The number of sulfonamides is 1. The zero-order valence-corrected chi connectivity index (χ0v) is 14.6. The Kier molecular flexibility index (Phi) is 5.56. The van der Waals surface area contributed by atoms with Crippen LogP contribution in [-0.4, -0.2) is 56.4 Å². The molecule has 1 heterocycles. The number of amides is 1. The Hall–Kier alpha value is -1.29. The van der Waals surface area contributed by atoms with Crippen LogP contribution in [0.3, 0.4) is 0 Å². The summed E-state index contributed by atoms with van der Waals surface area (Å²) in [5.74, 6) is -0.198. The number of hydrogen-bond acceptors (Lipinski definition) is 6. The number of ether oxygens (including phenoxy) is 1. The molecule has 0 aliphatic carbocycles. The lowest BCUT2D eigenvalue weighted by molar-refractivity contribution is -0.140. The molecular formula is C13H15ClN2O5S2. The fraction of sp³-hybridized carbons (Fsp3) is 0.385. The second kappa shape index (κ2) is 7.08. The minimum atomic E-state index is -4.03. The van der Waals surface area contributed by atoms with E-state index < -0.39 is 21.2 Å². The van der Waals surface area contributed by atoms with Crippen molar-refractivity contribution in [3.8, 4) is 0 Å². The zero-order valence-electron chi connectivity index (χ0n) is 12.2. The Morgan fingerprint density at radius 1 is 1.43 bits per heavy atom. The molecule has 10 heteroatoms. The van der Waals surface area contributed by atoms with E-state index in [0.717, 1.165) is 6.07 Å². The van der Waals surface area contributed by atoms with E-state index in [0.29, 0.717) is 12.3 Å². The Morgan fingerprint density at radius 3 is 2.74 bits per heavy atom. The fourth-order valence-corrected chi connectivity index (χ4v) is 4.34. The maximum Gasteiger partial charge on any atom is 0.320 e. The monoisotopic (exact) mass is 378 g/mol. The lowest BCUT2D eigenvalue weighted by Crippen LogP contribution is -2.45. The Balaban J connectivity index is 2.25. The predicted molar refractivity (Wildman–Crippen MR) is 87.0 cm³/mol. The van der Waals surface area contributed by atoms with Gasteiger partial charge in [-0.3, -0.25) is 9.59 Å².